The van der Waals surface area contributed by atoms with Crippen LogP contribution in [0.3, 0.4) is 0 Å². The zero-order valence-electron chi connectivity index (χ0n) is 10.3. The van der Waals surface area contributed by atoms with Gasteiger partial charge in [0.05, 0.1) is 0 Å². The zero-order chi connectivity index (χ0) is 11.8. The second-order valence-corrected chi connectivity index (χ2v) is 4.64. The Morgan fingerprint density at radius 2 is 2.12 bits per heavy atom. The number of rotatable bonds is 6. The number of carbonyl (C=O) groups is 1. The summed E-state index contributed by atoms with van der Waals surface area (Å²) >= 11 is 0. The Balaban J connectivity index is 2.23. The van der Waals surface area contributed by atoms with Crippen LogP contribution in [-0.4, -0.2) is 25.2 Å². The fraction of sp³-hybridized carbons (Fsp3) is 0.917. The van der Waals surface area contributed by atoms with Gasteiger partial charge in [-0.2, -0.15) is 0 Å². The topological polar surface area (TPSA) is 67.2 Å². The lowest BCUT2D eigenvalue weighted by Gasteiger charge is -2.23. The van der Waals surface area contributed by atoms with E-state index >= 15 is 0 Å². The highest BCUT2D eigenvalue weighted by Crippen LogP contribution is 2.27. The van der Waals surface area contributed by atoms with E-state index in [-0.39, 0.29) is 12.1 Å². The lowest BCUT2D eigenvalue weighted by atomic mass is 9.98. The minimum absolute atomic E-state index is 0.0594. The lowest BCUT2D eigenvalue weighted by molar-refractivity contribution is 0.231. The molecule has 0 radical (unpaired) electrons. The van der Waals surface area contributed by atoms with Gasteiger partial charge in [-0.05, 0) is 25.2 Å². The number of amides is 2. The first-order valence-electron chi connectivity index (χ1n) is 6.52. The third-order valence-corrected chi connectivity index (χ3v) is 3.36. The Labute approximate surface area is 98.3 Å². The van der Waals surface area contributed by atoms with E-state index in [4.69, 9.17) is 5.73 Å². The van der Waals surface area contributed by atoms with Gasteiger partial charge in [-0.3, -0.25) is 0 Å². The summed E-state index contributed by atoms with van der Waals surface area (Å²) in [5.41, 5.74) is 5.71. The first kappa shape index (κ1) is 13.3. The third kappa shape index (κ3) is 4.39. The van der Waals surface area contributed by atoms with Gasteiger partial charge in [-0.25, -0.2) is 4.79 Å². The van der Waals surface area contributed by atoms with Crippen molar-refractivity contribution in [2.75, 3.05) is 13.1 Å². The first-order chi connectivity index (χ1) is 7.77. The minimum Gasteiger partial charge on any atom is -0.338 e. The number of nitrogens with two attached hydrogens (primary N) is 1. The quantitative estimate of drug-likeness (QED) is 0.603. The summed E-state index contributed by atoms with van der Waals surface area (Å²) in [5, 5.41) is 5.86. The Hall–Kier alpha value is -0.770. The molecule has 0 aromatic carbocycles. The Morgan fingerprint density at radius 3 is 2.69 bits per heavy atom. The molecular weight excluding hydrogens is 202 g/mol. The van der Waals surface area contributed by atoms with E-state index in [1.165, 1.54) is 25.7 Å². The summed E-state index contributed by atoms with van der Waals surface area (Å²) in [6.07, 6.45) is 7.10. The van der Waals surface area contributed by atoms with Crippen LogP contribution in [0.4, 0.5) is 4.79 Å². The molecule has 1 atom stereocenters. The van der Waals surface area contributed by atoms with E-state index in [1.54, 1.807) is 0 Å². The maximum absolute atomic E-state index is 11.6. The molecule has 4 nitrogen and oxygen atoms in total. The molecule has 0 aromatic heterocycles. The van der Waals surface area contributed by atoms with E-state index in [2.05, 4.69) is 17.6 Å². The Morgan fingerprint density at radius 1 is 1.44 bits per heavy atom. The van der Waals surface area contributed by atoms with Crippen LogP contribution in [0.25, 0.3) is 0 Å². The molecule has 1 rings (SSSR count). The van der Waals surface area contributed by atoms with Crippen molar-refractivity contribution in [2.24, 2.45) is 11.7 Å². The second kappa shape index (κ2) is 7.49. The molecule has 0 spiro atoms. The molecule has 16 heavy (non-hydrogen) atoms. The highest BCUT2D eigenvalue weighted by molar-refractivity contribution is 5.74. The number of carbonyl (C=O) groups excluding carboxylic acids is 1. The number of hydrogen-bond donors (Lipinski definition) is 3. The smallest absolute Gasteiger partial charge is 0.315 e. The van der Waals surface area contributed by atoms with E-state index in [0.29, 0.717) is 12.5 Å². The monoisotopic (exact) mass is 227 g/mol. The molecule has 0 heterocycles. The summed E-state index contributed by atoms with van der Waals surface area (Å²) in [6.45, 7) is 3.41. The maximum atomic E-state index is 11.6. The maximum Gasteiger partial charge on any atom is 0.315 e. The average Bonchev–Trinajstić information content (AvgIpc) is 2.79. The van der Waals surface area contributed by atoms with Crippen molar-refractivity contribution in [1.82, 2.24) is 10.6 Å². The van der Waals surface area contributed by atoms with Gasteiger partial charge in [-0.15, -0.1) is 0 Å². The fourth-order valence-electron chi connectivity index (χ4n) is 2.33. The van der Waals surface area contributed by atoms with Crippen LogP contribution in [0.5, 0.6) is 0 Å². The van der Waals surface area contributed by atoms with Crippen molar-refractivity contribution in [2.45, 2.75) is 51.5 Å². The molecule has 1 unspecified atom stereocenters. The van der Waals surface area contributed by atoms with Crippen LogP contribution < -0.4 is 16.4 Å². The molecular formula is C12H25N3O. The highest BCUT2D eigenvalue weighted by atomic mass is 16.2. The summed E-state index contributed by atoms with van der Waals surface area (Å²) in [5.74, 6) is 0.585. The molecule has 1 fully saturated rings. The van der Waals surface area contributed by atoms with Crippen molar-refractivity contribution in [1.29, 1.82) is 0 Å². The Bertz CT molecular complexity index is 202. The number of unbranched alkanes of at least 4 members (excludes halogenated alkanes) is 1. The number of hydrogen-bond acceptors (Lipinski definition) is 2. The van der Waals surface area contributed by atoms with Crippen LogP contribution in [0, 0.1) is 5.92 Å². The highest BCUT2D eigenvalue weighted by Gasteiger charge is 2.24. The standard InChI is InChI=1S/C12H25N3O/c1-2-3-8-14-12(16)15-11(9-13)10-6-4-5-7-10/h10-11H,2-9,13H2,1H3,(H2,14,15,16). The Kier molecular flexibility index (Phi) is 6.23. The lowest BCUT2D eigenvalue weighted by Crippen LogP contribution is -2.48. The van der Waals surface area contributed by atoms with Gasteiger partial charge in [0.2, 0.25) is 0 Å². The third-order valence-electron chi connectivity index (χ3n) is 3.36. The molecule has 0 saturated heterocycles. The summed E-state index contributed by atoms with van der Waals surface area (Å²) in [6, 6.07) is 0.0972. The van der Waals surface area contributed by atoms with Crippen LogP contribution in [-0.2, 0) is 0 Å². The van der Waals surface area contributed by atoms with Gasteiger partial charge in [0.15, 0.2) is 0 Å². The van der Waals surface area contributed by atoms with Crippen molar-refractivity contribution >= 4 is 6.03 Å². The van der Waals surface area contributed by atoms with E-state index in [1.807, 2.05) is 0 Å². The first-order valence-corrected chi connectivity index (χ1v) is 6.52. The van der Waals surface area contributed by atoms with Crippen LogP contribution in [0.1, 0.15) is 45.4 Å². The summed E-state index contributed by atoms with van der Waals surface area (Å²) in [4.78, 5) is 11.6. The largest absolute Gasteiger partial charge is 0.338 e. The van der Waals surface area contributed by atoms with Crippen molar-refractivity contribution in [3.63, 3.8) is 0 Å². The van der Waals surface area contributed by atoms with Crippen LogP contribution >= 0.6 is 0 Å². The molecule has 1 saturated carbocycles. The second-order valence-electron chi connectivity index (χ2n) is 4.64. The number of nitrogens with one attached hydrogen (secondary N) is 2. The summed E-state index contributed by atoms with van der Waals surface area (Å²) < 4.78 is 0. The van der Waals surface area contributed by atoms with E-state index in [0.717, 1.165) is 19.4 Å². The summed E-state index contributed by atoms with van der Waals surface area (Å²) in [7, 11) is 0. The molecule has 0 bridgehead atoms. The molecule has 4 N–H and O–H groups in total. The molecule has 4 heteroatoms. The molecule has 0 aliphatic heterocycles. The minimum atomic E-state index is -0.0594. The molecule has 1 aliphatic rings. The van der Waals surface area contributed by atoms with Crippen molar-refractivity contribution < 1.29 is 4.79 Å². The predicted molar refractivity (Wildman–Crippen MR) is 66.2 cm³/mol. The predicted octanol–water partition coefficient (Wildman–Crippen LogP) is 1.60. The number of urea groups is 1. The SMILES string of the molecule is CCCCNC(=O)NC(CN)C1CCCC1. The van der Waals surface area contributed by atoms with E-state index < -0.39 is 0 Å². The average molecular weight is 227 g/mol. The van der Waals surface area contributed by atoms with Gasteiger partial charge in [-0.1, -0.05) is 26.2 Å². The van der Waals surface area contributed by atoms with Gasteiger partial charge in [0.25, 0.3) is 0 Å². The van der Waals surface area contributed by atoms with Crippen molar-refractivity contribution in [3.05, 3.63) is 0 Å². The normalized spacial score (nSPS) is 18.4. The van der Waals surface area contributed by atoms with E-state index in [9.17, 15) is 4.79 Å². The molecule has 1 aliphatic carbocycles. The van der Waals surface area contributed by atoms with Crippen LogP contribution in [0.15, 0.2) is 0 Å². The van der Waals surface area contributed by atoms with Gasteiger partial charge in [0.1, 0.15) is 0 Å². The van der Waals surface area contributed by atoms with Gasteiger partial charge >= 0.3 is 6.03 Å². The molecule has 2 amide bonds. The van der Waals surface area contributed by atoms with Crippen LogP contribution in [0.2, 0.25) is 0 Å². The zero-order valence-corrected chi connectivity index (χ0v) is 10.3. The molecule has 0 aromatic rings. The van der Waals surface area contributed by atoms with Gasteiger partial charge < -0.3 is 16.4 Å². The fourth-order valence-corrected chi connectivity index (χ4v) is 2.33. The molecule has 94 valence electrons. The van der Waals surface area contributed by atoms with Gasteiger partial charge in [0, 0.05) is 19.1 Å². The van der Waals surface area contributed by atoms with Crippen molar-refractivity contribution in [3.8, 4) is 0 Å².